The van der Waals surface area contributed by atoms with Crippen molar-refractivity contribution in [2.24, 2.45) is 21.1 Å². The van der Waals surface area contributed by atoms with Crippen LogP contribution in [0.25, 0.3) is 34.6 Å². The zero-order valence-corrected chi connectivity index (χ0v) is 18.4. The summed E-state index contributed by atoms with van der Waals surface area (Å²) in [4.78, 5) is 14.3. The lowest BCUT2D eigenvalue weighted by molar-refractivity contribution is -2.00. The molecule has 0 saturated carbocycles. The lowest BCUT2D eigenvalue weighted by Crippen LogP contribution is -2.68. The molecule has 32 heavy (non-hydrogen) atoms. The smallest absolute Gasteiger partial charge is 0.222 e. The van der Waals surface area contributed by atoms with E-state index in [-0.39, 0.29) is 0 Å². The van der Waals surface area contributed by atoms with Gasteiger partial charge in [-0.15, -0.1) is 10.2 Å². The standard InChI is InChI=1S/C21H21N6.ClHO4/c1-25-13-7-4-10-16(25)19-22-20(17-11-5-8-14-26(17)2)24-21(23-19)18-12-6-9-15-27(18)3;2-1(3,4)5/h4-15H,1-3H3;(H,2,3,4,5)/q+3;/p-1. The molecule has 0 bridgehead atoms. The molecule has 0 atom stereocenters. The first-order chi connectivity index (χ1) is 15.1. The molecular weight excluding hydrogens is 436 g/mol. The molecule has 0 unspecified atom stereocenters. The highest BCUT2D eigenvalue weighted by Gasteiger charge is 2.23. The Bertz CT molecular complexity index is 1070. The third-order valence-electron chi connectivity index (χ3n) is 4.49. The molecule has 0 spiro atoms. The molecule has 0 aromatic carbocycles. The van der Waals surface area contributed by atoms with E-state index in [4.69, 9.17) is 33.6 Å². The summed E-state index contributed by atoms with van der Waals surface area (Å²) < 4.78 is 40.0. The van der Waals surface area contributed by atoms with E-state index in [9.17, 15) is 0 Å². The lowest BCUT2D eigenvalue weighted by atomic mass is 10.2. The second-order valence-corrected chi connectivity index (χ2v) is 7.53. The average molecular weight is 457 g/mol. The van der Waals surface area contributed by atoms with Crippen LogP contribution in [0.1, 0.15) is 0 Å². The number of nitrogens with zero attached hydrogens (tertiary/aromatic N) is 6. The van der Waals surface area contributed by atoms with Crippen molar-refractivity contribution in [1.29, 1.82) is 0 Å². The van der Waals surface area contributed by atoms with Gasteiger partial charge in [0, 0.05) is 36.4 Å². The Balaban J connectivity index is 0.000000523. The third kappa shape index (κ3) is 6.06. The summed E-state index contributed by atoms with van der Waals surface area (Å²) in [5.74, 6) is 1.93. The Morgan fingerprint density at radius 3 is 1.00 bits per heavy atom. The molecule has 164 valence electrons. The van der Waals surface area contributed by atoms with Gasteiger partial charge < -0.3 is 0 Å². The van der Waals surface area contributed by atoms with Gasteiger partial charge >= 0.3 is 0 Å². The van der Waals surface area contributed by atoms with Gasteiger partial charge in [0.25, 0.3) is 0 Å². The maximum Gasteiger partial charge on any atom is 0.250 e. The Labute approximate surface area is 186 Å². The van der Waals surface area contributed by atoms with E-state index in [1.54, 1.807) is 0 Å². The van der Waals surface area contributed by atoms with Crippen LogP contribution in [0.4, 0.5) is 0 Å². The number of rotatable bonds is 3. The van der Waals surface area contributed by atoms with Crippen LogP contribution in [0.2, 0.25) is 0 Å². The van der Waals surface area contributed by atoms with Crippen LogP contribution in [-0.4, -0.2) is 15.0 Å². The molecule has 4 heterocycles. The van der Waals surface area contributed by atoms with E-state index in [0.29, 0.717) is 17.5 Å². The highest BCUT2D eigenvalue weighted by Crippen LogP contribution is 2.19. The van der Waals surface area contributed by atoms with Gasteiger partial charge in [-0.1, -0.05) is 0 Å². The van der Waals surface area contributed by atoms with Gasteiger partial charge in [-0.25, -0.2) is 18.6 Å². The van der Waals surface area contributed by atoms with E-state index < -0.39 is 10.2 Å². The topological polar surface area (TPSA) is 143 Å². The Morgan fingerprint density at radius 2 is 0.781 bits per heavy atom. The Kier molecular flexibility index (Phi) is 7.13. The highest BCUT2D eigenvalue weighted by molar-refractivity contribution is 5.57. The fourth-order valence-electron chi connectivity index (χ4n) is 2.99. The fourth-order valence-corrected chi connectivity index (χ4v) is 2.99. The molecule has 0 N–H and O–H groups in total. The number of halogens is 1. The van der Waals surface area contributed by atoms with Gasteiger partial charge in [-0.3, -0.25) is 0 Å². The molecule has 4 rings (SSSR count). The van der Waals surface area contributed by atoms with Crippen molar-refractivity contribution in [3.63, 3.8) is 0 Å². The quantitative estimate of drug-likeness (QED) is 0.292. The van der Waals surface area contributed by atoms with Gasteiger partial charge in [-0.05, 0) is 18.2 Å². The molecule has 0 radical (unpaired) electrons. The molecule has 0 saturated heterocycles. The molecule has 4 aromatic rings. The molecule has 11 heteroatoms. The fraction of sp³-hybridized carbons (Fsp3) is 0.143. The molecular formula is C21H21ClN6O4+2. The van der Waals surface area contributed by atoms with E-state index in [2.05, 4.69) is 0 Å². The van der Waals surface area contributed by atoms with Crippen LogP contribution < -0.4 is 32.3 Å². The zero-order valence-electron chi connectivity index (χ0n) is 17.6. The van der Waals surface area contributed by atoms with Crippen LogP contribution in [0.5, 0.6) is 0 Å². The first-order valence-electron chi connectivity index (χ1n) is 9.36. The molecule has 0 amide bonds. The van der Waals surface area contributed by atoms with Crippen LogP contribution in [0.3, 0.4) is 0 Å². The Hall–Kier alpha value is -3.41. The third-order valence-corrected chi connectivity index (χ3v) is 4.49. The monoisotopic (exact) mass is 456 g/mol. The van der Waals surface area contributed by atoms with E-state index in [0.717, 1.165) is 17.1 Å². The molecule has 0 aliphatic rings. The van der Waals surface area contributed by atoms with E-state index in [1.807, 2.05) is 108 Å². The summed E-state index contributed by atoms with van der Waals surface area (Å²) in [5, 5.41) is 0. The van der Waals surface area contributed by atoms with Crippen LogP contribution >= 0.6 is 0 Å². The van der Waals surface area contributed by atoms with Crippen molar-refractivity contribution in [3.05, 3.63) is 73.2 Å². The number of hydrogen-bond acceptors (Lipinski definition) is 7. The largest absolute Gasteiger partial charge is 0.250 e. The summed E-state index contributed by atoms with van der Waals surface area (Å²) >= 11 is 0. The van der Waals surface area contributed by atoms with Crippen molar-refractivity contribution < 1.29 is 42.6 Å². The molecule has 4 aromatic heterocycles. The maximum absolute atomic E-state index is 8.49. The number of hydrogen-bond donors (Lipinski definition) is 0. The summed E-state index contributed by atoms with van der Waals surface area (Å²) in [7, 11) is 1.02. The lowest BCUT2D eigenvalue weighted by Gasteiger charge is -2.17. The minimum absolute atomic E-state index is 0.644. The Morgan fingerprint density at radius 1 is 0.531 bits per heavy atom. The minimum Gasteiger partial charge on any atom is -0.222 e. The predicted molar refractivity (Wildman–Crippen MR) is 99.7 cm³/mol. The van der Waals surface area contributed by atoms with E-state index in [1.165, 1.54) is 0 Å². The zero-order chi connectivity index (χ0) is 23.3. The first-order valence-corrected chi connectivity index (χ1v) is 10.6. The molecule has 0 aliphatic carbocycles. The normalized spacial score (nSPS) is 11.0. The van der Waals surface area contributed by atoms with Crippen LogP contribution in [-0.2, 0) is 21.1 Å². The summed E-state index contributed by atoms with van der Waals surface area (Å²) in [5.41, 5.74) is 2.79. The second kappa shape index (κ2) is 9.81. The number of aromatic nitrogens is 6. The van der Waals surface area contributed by atoms with Crippen LogP contribution in [0, 0.1) is 10.2 Å². The SMILES string of the molecule is C[n+]1ccccc1-c1nc(-c2cccc[n+]2C)nc(-c2cccc[n+]2C)n1.[O-][Cl+3]([O-])([O-])[O-]. The van der Waals surface area contributed by atoms with Gasteiger partial charge in [0.15, 0.2) is 18.6 Å². The summed E-state index contributed by atoms with van der Waals surface area (Å²) in [6, 6.07) is 18.0. The van der Waals surface area contributed by atoms with Crippen molar-refractivity contribution >= 4 is 0 Å². The molecule has 10 nitrogen and oxygen atoms in total. The van der Waals surface area contributed by atoms with Gasteiger partial charge in [0.05, 0.1) is 0 Å². The van der Waals surface area contributed by atoms with Crippen molar-refractivity contribution in [2.45, 2.75) is 0 Å². The second-order valence-electron chi connectivity index (χ2n) is 6.77. The summed E-state index contributed by atoms with van der Waals surface area (Å²) in [6.45, 7) is 0. The van der Waals surface area contributed by atoms with Gasteiger partial charge in [0.1, 0.15) is 21.1 Å². The first kappa shape index (κ1) is 23.3. The van der Waals surface area contributed by atoms with Crippen molar-refractivity contribution in [3.8, 4) is 34.6 Å². The summed E-state index contributed by atoms with van der Waals surface area (Å²) in [6.07, 6.45) is 5.97. The molecule has 0 fully saturated rings. The number of pyridine rings is 3. The highest BCUT2D eigenvalue weighted by atomic mass is 35.7. The van der Waals surface area contributed by atoms with Crippen molar-refractivity contribution in [1.82, 2.24) is 15.0 Å². The minimum atomic E-state index is -4.94. The van der Waals surface area contributed by atoms with Crippen molar-refractivity contribution in [2.75, 3.05) is 0 Å². The van der Waals surface area contributed by atoms with Gasteiger partial charge in [-0.2, -0.15) is 28.7 Å². The average Bonchev–Trinajstić information content (AvgIpc) is 2.73. The molecule has 0 aliphatic heterocycles. The predicted octanol–water partition coefficient (Wildman–Crippen LogP) is -3.41. The maximum atomic E-state index is 8.49. The van der Waals surface area contributed by atoms with E-state index >= 15 is 0 Å². The number of aryl methyl sites for hydroxylation is 3. The van der Waals surface area contributed by atoms with Gasteiger partial charge in [0.2, 0.25) is 34.6 Å². The van der Waals surface area contributed by atoms with Crippen LogP contribution in [0.15, 0.2) is 73.2 Å².